The van der Waals surface area contributed by atoms with Crippen molar-refractivity contribution < 1.29 is 18.3 Å². The maximum Gasteiger partial charge on any atom is 0.319 e. The molecule has 0 bridgehead atoms. The molecule has 8 rings (SSSR count). The van der Waals surface area contributed by atoms with Crippen molar-refractivity contribution >= 4 is 54.7 Å². The Morgan fingerprint density at radius 1 is 1.24 bits per heavy atom. The maximum atomic E-state index is 17.2. The molecule has 0 radical (unpaired) electrons. The molecular weight excluding hydrogens is 632 g/mol. The number of hydrogen-bond donors (Lipinski definition) is 2. The van der Waals surface area contributed by atoms with Gasteiger partial charge < -0.3 is 25.8 Å². The standard InChI is InChI=1S/C33H34ClF2N7O2S/c1-16-11-33(7-3-8-42(33)13-16)15-45-32-40-27-24-28(44-14-18-10-17(38)4-2-9-43(18)31(24)41-32)25(34)23(26(27)36)19-5-6-21(35)29-22(19)20(12-37)30(39)46-29/h5-6,16-18H,2-4,7-11,13-15,38-39H2,1H3/t16-,17?,18?,33?/m1/s1. The highest BCUT2D eigenvalue weighted by molar-refractivity contribution is 7.23. The average Bonchev–Trinajstić information content (AvgIpc) is 3.58. The van der Waals surface area contributed by atoms with Crippen LogP contribution in [0.15, 0.2) is 12.1 Å². The molecular formula is C33H34ClF2N7O2S. The van der Waals surface area contributed by atoms with Gasteiger partial charge in [0.2, 0.25) is 0 Å². The van der Waals surface area contributed by atoms with Crippen molar-refractivity contribution in [2.75, 3.05) is 43.5 Å². The SMILES string of the molecule is C[C@H]1CN2CCCC2(COc2nc3c4c(c(Cl)c(-c5ccc(F)c6sc(N)c(C#N)c56)c(F)c4n2)OCC2CC(N)CCCN32)C1. The van der Waals surface area contributed by atoms with E-state index in [2.05, 4.69) is 27.8 Å². The molecule has 240 valence electrons. The molecule has 4 aliphatic rings. The number of benzene rings is 2. The van der Waals surface area contributed by atoms with Crippen LogP contribution in [-0.2, 0) is 0 Å². The average molecular weight is 666 g/mol. The highest BCUT2D eigenvalue weighted by atomic mass is 35.5. The normalized spacial score (nSPS) is 26.0. The quantitative estimate of drug-likeness (QED) is 0.261. The fourth-order valence-electron chi connectivity index (χ4n) is 8.33. The Morgan fingerprint density at radius 2 is 2.09 bits per heavy atom. The minimum Gasteiger partial charge on any atom is -0.489 e. The van der Waals surface area contributed by atoms with Crippen molar-refractivity contribution in [1.29, 1.82) is 5.26 Å². The van der Waals surface area contributed by atoms with E-state index in [-0.39, 0.29) is 78.3 Å². The first-order valence-electron chi connectivity index (χ1n) is 15.9. The van der Waals surface area contributed by atoms with E-state index >= 15 is 4.39 Å². The number of anilines is 2. The molecule has 0 amide bonds. The molecule has 13 heteroatoms. The Labute approximate surface area is 274 Å². The van der Waals surface area contributed by atoms with Gasteiger partial charge in [0.15, 0.2) is 11.6 Å². The van der Waals surface area contributed by atoms with E-state index in [1.165, 1.54) is 12.1 Å². The molecule has 0 spiro atoms. The van der Waals surface area contributed by atoms with Crippen LogP contribution in [-0.4, -0.2) is 65.3 Å². The first-order chi connectivity index (χ1) is 22.2. The van der Waals surface area contributed by atoms with Crippen LogP contribution in [0.25, 0.3) is 32.1 Å². The van der Waals surface area contributed by atoms with E-state index in [9.17, 15) is 9.65 Å². The van der Waals surface area contributed by atoms with Gasteiger partial charge in [-0.25, -0.2) is 8.78 Å². The highest BCUT2D eigenvalue weighted by Gasteiger charge is 2.48. The van der Waals surface area contributed by atoms with Crippen molar-refractivity contribution in [1.82, 2.24) is 14.9 Å². The van der Waals surface area contributed by atoms with Crippen LogP contribution in [0.5, 0.6) is 11.8 Å². The van der Waals surface area contributed by atoms with Crippen LogP contribution in [0.1, 0.15) is 51.0 Å². The summed E-state index contributed by atoms with van der Waals surface area (Å²) in [6.45, 7) is 5.64. The number of nitrogens with zero attached hydrogens (tertiary/aromatic N) is 5. The number of aromatic nitrogens is 2. The second kappa shape index (κ2) is 11.0. The van der Waals surface area contributed by atoms with Crippen LogP contribution in [0.3, 0.4) is 0 Å². The number of halogens is 3. The van der Waals surface area contributed by atoms with Crippen LogP contribution in [0.2, 0.25) is 5.02 Å². The van der Waals surface area contributed by atoms with Crippen LogP contribution in [0.4, 0.5) is 19.6 Å². The molecule has 0 aliphatic carbocycles. The fourth-order valence-corrected chi connectivity index (χ4v) is 9.61. The zero-order valence-corrected chi connectivity index (χ0v) is 27.0. The zero-order valence-electron chi connectivity index (χ0n) is 25.4. The monoisotopic (exact) mass is 665 g/mol. The van der Waals surface area contributed by atoms with Gasteiger partial charge >= 0.3 is 6.01 Å². The zero-order chi connectivity index (χ0) is 31.9. The molecule has 3 fully saturated rings. The predicted molar refractivity (Wildman–Crippen MR) is 176 cm³/mol. The summed E-state index contributed by atoms with van der Waals surface area (Å²) in [7, 11) is 0. The minimum absolute atomic E-state index is 0.00697. The van der Waals surface area contributed by atoms with Crippen LogP contribution in [0, 0.1) is 28.9 Å². The van der Waals surface area contributed by atoms with Gasteiger partial charge in [-0.1, -0.05) is 24.6 Å². The van der Waals surface area contributed by atoms with Crippen molar-refractivity contribution in [3.8, 4) is 29.0 Å². The molecule has 4 aliphatic heterocycles. The largest absolute Gasteiger partial charge is 0.489 e. The third-order valence-corrected chi connectivity index (χ3v) is 11.7. The summed E-state index contributed by atoms with van der Waals surface area (Å²) in [4.78, 5) is 14.3. The van der Waals surface area contributed by atoms with Gasteiger partial charge in [-0.3, -0.25) is 4.90 Å². The maximum absolute atomic E-state index is 17.2. The smallest absolute Gasteiger partial charge is 0.319 e. The number of nitrogens with two attached hydrogens (primary N) is 2. The molecule has 3 saturated heterocycles. The lowest BCUT2D eigenvalue weighted by Gasteiger charge is -2.32. The third kappa shape index (κ3) is 4.50. The summed E-state index contributed by atoms with van der Waals surface area (Å²) < 4.78 is 45.1. The molecule has 3 unspecified atom stereocenters. The Kier molecular flexibility index (Phi) is 7.17. The Morgan fingerprint density at radius 3 is 2.91 bits per heavy atom. The van der Waals surface area contributed by atoms with Gasteiger partial charge in [0.25, 0.3) is 0 Å². The van der Waals surface area contributed by atoms with Gasteiger partial charge in [-0.2, -0.15) is 15.2 Å². The summed E-state index contributed by atoms with van der Waals surface area (Å²) in [5.74, 6) is 0.00576. The number of thiophene rings is 1. The number of nitriles is 1. The second-order valence-corrected chi connectivity index (χ2v) is 14.7. The first-order valence-corrected chi connectivity index (χ1v) is 17.0. The molecule has 4 atom stereocenters. The van der Waals surface area contributed by atoms with E-state index in [1.54, 1.807) is 0 Å². The minimum atomic E-state index is -0.734. The molecule has 0 saturated carbocycles. The summed E-state index contributed by atoms with van der Waals surface area (Å²) >= 11 is 8.00. The second-order valence-electron chi connectivity index (χ2n) is 13.3. The molecule has 2 aromatic carbocycles. The van der Waals surface area contributed by atoms with Crippen molar-refractivity contribution in [2.24, 2.45) is 11.7 Å². The molecule has 4 aromatic rings. The third-order valence-electron chi connectivity index (χ3n) is 10.3. The topological polar surface area (TPSA) is 127 Å². The van der Waals surface area contributed by atoms with Gasteiger partial charge in [0, 0.05) is 30.1 Å². The van der Waals surface area contributed by atoms with Crippen molar-refractivity contribution in [3.05, 3.63) is 34.4 Å². The number of fused-ring (bicyclic) bond motifs is 4. The summed E-state index contributed by atoms with van der Waals surface area (Å²) in [5.41, 5.74) is 12.7. The molecule has 46 heavy (non-hydrogen) atoms. The molecule has 2 aromatic heterocycles. The van der Waals surface area contributed by atoms with Gasteiger partial charge in [0.05, 0.1) is 32.3 Å². The number of hydrogen-bond acceptors (Lipinski definition) is 10. The van der Waals surface area contributed by atoms with E-state index in [4.69, 9.17) is 37.5 Å². The molecule has 9 nitrogen and oxygen atoms in total. The number of ether oxygens (including phenoxy) is 2. The first kappa shape index (κ1) is 29.9. The van der Waals surface area contributed by atoms with Crippen molar-refractivity contribution in [2.45, 2.75) is 63.1 Å². The summed E-state index contributed by atoms with van der Waals surface area (Å²) in [5, 5.41) is 10.6. The van der Waals surface area contributed by atoms with Crippen LogP contribution >= 0.6 is 22.9 Å². The van der Waals surface area contributed by atoms with Gasteiger partial charge in [-0.05, 0) is 62.6 Å². The molecule has 6 heterocycles. The summed E-state index contributed by atoms with van der Waals surface area (Å²) in [6.07, 6.45) is 5.52. The Bertz CT molecular complexity index is 1950. The van der Waals surface area contributed by atoms with Gasteiger partial charge in [-0.15, -0.1) is 11.3 Å². The predicted octanol–water partition coefficient (Wildman–Crippen LogP) is 6.23. The highest BCUT2D eigenvalue weighted by Crippen LogP contribution is 2.51. The lowest BCUT2D eigenvalue weighted by Crippen LogP contribution is -2.43. The number of rotatable bonds is 4. The van der Waals surface area contributed by atoms with Crippen molar-refractivity contribution in [3.63, 3.8) is 0 Å². The Balaban J connectivity index is 1.35. The van der Waals surface area contributed by atoms with Crippen LogP contribution < -0.4 is 25.8 Å². The van der Waals surface area contributed by atoms with E-state index in [1.807, 2.05) is 0 Å². The Hall–Kier alpha value is -3.50. The number of nitrogen functional groups attached to an aromatic ring is 1. The van der Waals surface area contributed by atoms with Gasteiger partial charge in [0.1, 0.15) is 41.4 Å². The lowest BCUT2D eigenvalue weighted by molar-refractivity contribution is 0.107. The van der Waals surface area contributed by atoms with E-state index in [0.29, 0.717) is 36.7 Å². The lowest BCUT2D eigenvalue weighted by atomic mass is 9.92. The molecule has 4 N–H and O–H groups in total. The fraction of sp³-hybridized carbons (Fsp3) is 0.485. The summed E-state index contributed by atoms with van der Waals surface area (Å²) in [6, 6.07) is 4.65. The van der Waals surface area contributed by atoms with E-state index in [0.717, 1.165) is 56.5 Å². The van der Waals surface area contributed by atoms with E-state index < -0.39 is 11.6 Å².